The molecule has 2 aromatic rings. The fourth-order valence-corrected chi connectivity index (χ4v) is 2.67. The van der Waals surface area contributed by atoms with Gasteiger partial charge in [-0.2, -0.15) is 0 Å². The Morgan fingerprint density at radius 3 is 2.87 bits per heavy atom. The molecule has 0 fully saturated rings. The van der Waals surface area contributed by atoms with E-state index >= 15 is 0 Å². The molecule has 0 saturated carbocycles. The number of para-hydroxylation sites is 1. The predicted molar refractivity (Wildman–Crippen MR) is 82.6 cm³/mol. The molecule has 0 radical (unpaired) electrons. The summed E-state index contributed by atoms with van der Waals surface area (Å²) in [5.41, 5.74) is 2.74. The summed E-state index contributed by atoms with van der Waals surface area (Å²) in [6, 6.07) is 8.43. The Kier molecular flexibility index (Phi) is 3.92. The van der Waals surface area contributed by atoms with Crippen molar-refractivity contribution in [3.05, 3.63) is 58.0 Å². The van der Waals surface area contributed by atoms with E-state index in [1.165, 1.54) is 10.9 Å². The number of hydrogen-bond acceptors (Lipinski definition) is 5. The average Bonchev–Trinajstić information content (AvgIpc) is 2.73. The van der Waals surface area contributed by atoms with Crippen molar-refractivity contribution in [3.8, 4) is 11.5 Å². The minimum absolute atomic E-state index is 0.200. The molecule has 0 bridgehead atoms. The van der Waals surface area contributed by atoms with Gasteiger partial charge in [0, 0.05) is 17.8 Å². The first kappa shape index (κ1) is 15.0. The molecule has 3 rings (SSSR count). The maximum Gasteiger partial charge on any atom is 0.358 e. The van der Waals surface area contributed by atoms with E-state index in [2.05, 4.69) is 5.43 Å². The van der Waals surface area contributed by atoms with Crippen LogP contribution in [0.4, 0.5) is 0 Å². The number of hydrogen-bond donors (Lipinski definition) is 3. The lowest BCUT2D eigenvalue weighted by atomic mass is 10.0. The summed E-state index contributed by atoms with van der Waals surface area (Å²) in [5, 5.41) is 19.0. The van der Waals surface area contributed by atoms with Crippen LogP contribution in [-0.4, -0.2) is 27.5 Å². The molecule has 2 heterocycles. The summed E-state index contributed by atoms with van der Waals surface area (Å²) in [4.78, 5) is 22.8. The zero-order valence-corrected chi connectivity index (χ0v) is 12.2. The minimum atomic E-state index is -1.38. The number of carboxylic acid groups (broad SMARTS) is 1. The van der Waals surface area contributed by atoms with Crippen LogP contribution < -0.4 is 15.6 Å². The molecule has 0 amide bonds. The lowest BCUT2D eigenvalue weighted by Gasteiger charge is -2.22. The lowest BCUT2D eigenvalue weighted by molar-refractivity contribution is 0.0681. The van der Waals surface area contributed by atoms with Crippen LogP contribution >= 0.6 is 0 Å². The molecule has 23 heavy (non-hydrogen) atoms. The highest BCUT2D eigenvalue weighted by atomic mass is 16.5. The molecule has 1 aliphatic rings. The Hall–Kier alpha value is -2.96. The van der Waals surface area contributed by atoms with Gasteiger partial charge < -0.3 is 20.4 Å². The van der Waals surface area contributed by atoms with E-state index in [-0.39, 0.29) is 6.04 Å². The van der Waals surface area contributed by atoms with Crippen LogP contribution in [0.2, 0.25) is 0 Å². The number of pyridine rings is 1. The van der Waals surface area contributed by atoms with Crippen LogP contribution in [-0.2, 0) is 0 Å². The van der Waals surface area contributed by atoms with Crippen LogP contribution in [0, 0.1) is 0 Å². The number of benzene rings is 1. The van der Waals surface area contributed by atoms with Gasteiger partial charge in [0.2, 0.25) is 5.43 Å². The second-order valence-corrected chi connectivity index (χ2v) is 5.26. The SMILES string of the molecule is O=C(O)c1c(O)c(=O)ccn1NC1CCCOc2ccccc21. The van der Waals surface area contributed by atoms with Gasteiger partial charge >= 0.3 is 5.97 Å². The monoisotopic (exact) mass is 316 g/mol. The van der Waals surface area contributed by atoms with Crippen molar-refractivity contribution in [2.24, 2.45) is 0 Å². The second-order valence-electron chi connectivity index (χ2n) is 5.26. The Bertz CT molecular complexity index is 799. The molecule has 3 N–H and O–H groups in total. The van der Waals surface area contributed by atoms with Crippen molar-refractivity contribution in [1.29, 1.82) is 0 Å². The molecule has 7 nitrogen and oxygen atoms in total. The van der Waals surface area contributed by atoms with Gasteiger partial charge in [-0.05, 0) is 18.9 Å². The maximum absolute atomic E-state index is 11.5. The first-order valence-corrected chi connectivity index (χ1v) is 7.24. The normalized spacial score (nSPS) is 16.8. The molecular weight excluding hydrogens is 300 g/mol. The van der Waals surface area contributed by atoms with Gasteiger partial charge in [-0.3, -0.25) is 9.47 Å². The van der Waals surface area contributed by atoms with Gasteiger partial charge in [-0.1, -0.05) is 18.2 Å². The maximum atomic E-state index is 11.5. The number of carboxylic acids is 1. The van der Waals surface area contributed by atoms with E-state index < -0.39 is 22.8 Å². The average molecular weight is 316 g/mol. The topological polar surface area (TPSA) is 101 Å². The van der Waals surface area contributed by atoms with Crippen molar-refractivity contribution in [3.63, 3.8) is 0 Å². The molecule has 1 unspecified atom stereocenters. The van der Waals surface area contributed by atoms with Crippen LogP contribution in [0.15, 0.2) is 41.3 Å². The summed E-state index contributed by atoms with van der Waals surface area (Å²) in [5.74, 6) is -1.43. The Balaban J connectivity index is 2.01. The van der Waals surface area contributed by atoms with E-state index in [1.54, 1.807) is 0 Å². The van der Waals surface area contributed by atoms with Gasteiger partial charge in [0.15, 0.2) is 11.4 Å². The Morgan fingerprint density at radius 1 is 1.30 bits per heavy atom. The van der Waals surface area contributed by atoms with E-state index in [0.717, 1.165) is 30.2 Å². The Labute approximate surface area is 131 Å². The molecule has 0 saturated heterocycles. The first-order valence-electron chi connectivity index (χ1n) is 7.24. The smallest absolute Gasteiger partial charge is 0.358 e. The lowest BCUT2D eigenvalue weighted by Crippen LogP contribution is -2.27. The second kappa shape index (κ2) is 6.04. The van der Waals surface area contributed by atoms with Gasteiger partial charge in [0.1, 0.15) is 5.75 Å². The third-order valence-corrected chi connectivity index (χ3v) is 3.76. The number of nitrogens with one attached hydrogen (secondary N) is 1. The predicted octanol–water partition coefficient (Wildman–Crippen LogP) is 1.71. The molecule has 1 aromatic carbocycles. The fourth-order valence-electron chi connectivity index (χ4n) is 2.67. The summed E-state index contributed by atoms with van der Waals surface area (Å²) in [7, 11) is 0. The van der Waals surface area contributed by atoms with Crippen LogP contribution in [0.25, 0.3) is 0 Å². The fraction of sp³-hybridized carbons (Fsp3) is 0.250. The first-order chi connectivity index (χ1) is 11.1. The highest BCUT2D eigenvalue weighted by molar-refractivity contribution is 5.88. The van der Waals surface area contributed by atoms with Crippen molar-refractivity contribution in [2.75, 3.05) is 12.0 Å². The molecule has 1 atom stereocenters. The Morgan fingerprint density at radius 2 is 2.09 bits per heavy atom. The molecule has 0 spiro atoms. The molecule has 1 aliphatic heterocycles. The zero-order valence-electron chi connectivity index (χ0n) is 12.2. The summed E-state index contributed by atoms with van der Waals surface area (Å²) in [6.07, 6.45) is 2.82. The molecule has 0 aliphatic carbocycles. The third-order valence-electron chi connectivity index (χ3n) is 3.76. The van der Waals surface area contributed by atoms with Crippen molar-refractivity contribution in [1.82, 2.24) is 4.68 Å². The summed E-state index contributed by atoms with van der Waals surface area (Å²) < 4.78 is 6.84. The number of fused-ring (bicyclic) bond motifs is 1. The number of aromatic carboxylic acids is 1. The van der Waals surface area contributed by atoms with E-state index in [1.807, 2.05) is 24.3 Å². The van der Waals surface area contributed by atoms with Crippen LogP contribution in [0.3, 0.4) is 0 Å². The van der Waals surface area contributed by atoms with Crippen molar-refractivity contribution >= 4 is 5.97 Å². The molecule has 7 heteroatoms. The van der Waals surface area contributed by atoms with Gasteiger partial charge in [0.25, 0.3) is 0 Å². The van der Waals surface area contributed by atoms with E-state index in [9.17, 15) is 19.8 Å². The molecular formula is C16H16N2O5. The number of ether oxygens (including phenoxy) is 1. The highest BCUT2D eigenvalue weighted by Crippen LogP contribution is 2.32. The number of rotatable bonds is 3. The quantitative estimate of drug-likeness (QED) is 0.797. The van der Waals surface area contributed by atoms with Gasteiger partial charge in [-0.25, -0.2) is 4.79 Å². The summed E-state index contributed by atoms with van der Waals surface area (Å²) >= 11 is 0. The zero-order chi connectivity index (χ0) is 16.4. The highest BCUT2D eigenvalue weighted by Gasteiger charge is 2.23. The number of carbonyl (C=O) groups is 1. The summed E-state index contributed by atoms with van der Waals surface area (Å²) in [6.45, 7) is 0.580. The number of aromatic nitrogens is 1. The van der Waals surface area contributed by atoms with Crippen molar-refractivity contribution < 1.29 is 19.7 Å². The largest absolute Gasteiger partial charge is 0.502 e. The van der Waals surface area contributed by atoms with Gasteiger partial charge in [0.05, 0.1) is 12.6 Å². The number of aromatic hydroxyl groups is 1. The van der Waals surface area contributed by atoms with Gasteiger partial charge in [-0.15, -0.1) is 0 Å². The van der Waals surface area contributed by atoms with E-state index in [4.69, 9.17) is 4.74 Å². The van der Waals surface area contributed by atoms with E-state index in [0.29, 0.717) is 6.61 Å². The minimum Gasteiger partial charge on any atom is -0.502 e. The number of nitrogens with zero attached hydrogens (tertiary/aromatic N) is 1. The van der Waals surface area contributed by atoms with Crippen LogP contribution in [0.1, 0.15) is 34.9 Å². The molecule has 1 aromatic heterocycles. The van der Waals surface area contributed by atoms with Crippen LogP contribution in [0.5, 0.6) is 11.5 Å². The molecule has 120 valence electrons. The standard InChI is InChI=1S/C16H16N2O5/c19-12-7-8-18(14(15(12)20)16(21)22)17-11-5-3-9-23-13-6-2-1-4-10(11)13/h1-2,4,6-8,11,17,20H,3,5,9H2,(H,21,22). The third kappa shape index (κ3) is 2.85. The van der Waals surface area contributed by atoms with Crippen molar-refractivity contribution in [2.45, 2.75) is 18.9 Å².